The first-order valence-corrected chi connectivity index (χ1v) is 7.18. The van der Waals surface area contributed by atoms with Gasteiger partial charge in [0.1, 0.15) is 11.0 Å². The number of rotatable bonds is 4. The van der Waals surface area contributed by atoms with Gasteiger partial charge in [0.15, 0.2) is 0 Å². The second-order valence-electron chi connectivity index (χ2n) is 4.88. The van der Waals surface area contributed by atoms with Crippen LogP contribution in [0.4, 0.5) is 15.8 Å². The van der Waals surface area contributed by atoms with Crippen LogP contribution < -0.4 is 5.32 Å². The van der Waals surface area contributed by atoms with Crippen molar-refractivity contribution < 1.29 is 4.39 Å². The molecule has 0 atom stereocenters. The van der Waals surface area contributed by atoms with Crippen LogP contribution in [0.5, 0.6) is 0 Å². The van der Waals surface area contributed by atoms with E-state index in [1.807, 2.05) is 0 Å². The number of nitrogens with zero attached hydrogens (tertiary/aromatic N) is 3. The molecule has 0 saturated carbocycles. The zero-order valence-corrected chi connectivity index (χ0v) is 13.0. The lowest BCUT2D eigenvalue weighted by Crippen LogP contribution is -1.99. The predicted molar refractivity (Wildman–Crippen MR) is 89.0 cm³/mol. The van der Waals surface area contributed by atoms with Crippen LogP contribution in [-0.2, 0) is 7.05 Å². The van der Waals surface area contributed by atoms with Gasteiger partial charge in [0.05, 0.1) is 28.8 Å². The molecular formula is C16H13ClFN5. The van der Waals surface area contributed by atoms with E-state index >= 15 is 0 Å². The Morgan fingerprint density at radius 3 is 2.70 bits per heavy atom. The third kappa shape index (κ3) is 2.93. The molecule has 2 aromatic heterocycles. The van der Waals surface area contributed by atoms with Gasteiger partial charge in [-0.2, -0.15) is 5.10 Å². The molecule has 2 heterocycles. The Hall–Kier alpha value is -2.73. The molecule has 23 heavy (non-hydrogen) atoms. The SMILES string of the molecule is Cn1ncc(-c2cc(Nc3ccccc3F)c(C=N)cn2)c1Cl. The van der Waals surface area contributed by atoms with Crippen molar-refractivity contribution >= 4 is 29.2 Å². The van der Waals surface area contributed by atoms with E-state index in [1.165, 1.54) is 16.9 Å². The normalized spacial score (nSPS) is 10.6. The van der Waals surface area contributed by atoms with Crippen LogP contribution >= 0.6 is 11.6 Å². The van der Waals surface area contributed by atoms with Crippen LogP contribution in [0.25, 0.3) is 11.3 Å². The zero-order valence-electron chi connectivity index (χ0n) is 12.2. The van der Waals surface area contributed by atoms with E-state index in [9.17, 15) is 4.39 Å². The summed E-state index contributed by atoms with van der Waals surface area (Å²) in [5.41, 5.74) is 2.69. The fourth-order valence-electron chi connectivity index (χ4n) is 2.14. The number of nitrogens with one attached hydrogen (secondary N) is 2. The quantitative estimate of drug-likeness (QED) is 0.710. The Balaban J connectivity index is 2.05. The summed E-state index contributed by atoms with van der Waals surface area (Å²) in [6, 6.07) is 8.06. The maximum atomic E-state index is 13.8. The van der Waals surface area contributed by atoms with Crippen molar-refractivity contribution in [1.29, 1.82) is 5.41 Å². The molecule has 2 N–H and O–H groups in total. The summed E-state index contributed by atoms with van der Waals surface area (Å²) in [5.74, 6) is -0.374. The van der Waals surface area contributed by atoms with Crippen LogP contribution in [0.1, 0.15) is 5.56 Å². The molecule has 7 heteroatoms. The Morgan fingerprint density at radius 2 is 2.04 bits per heavy atom. The average molecular weight is 330 g/mol. The molecular weight excluding hydrogens is 317 g/mol. The zero-order chi connectivity index (χ0) is 16.4. The van der Waals surface area contributed by atoms with Gasteiger partial charge in [-0.25, -0.2) is 4.39 Å². The molecule has 0 aliphatic carbocycles. The van der Waals surface area contributed by atoms with Crippen LogP contribution in [-0.4, -0.2) is 21.0 Å². The smallest absolute Gasteiger partial charge is 0.146 e. The van der Waals surface area contributed by atoms with Gasteiger partial charge in [0.2, 0.25) is 0 Å². The standard InChI is InChI=1S/C16H13ClFN5/c1-23-16(17)11(9-21-23)15-6-14(10(7-19)8-20-15)22-13-5-3-2-4-12(13)18/h2-9,19H,1H3,(H,20,22). The number of halogens is 2. The van der Waals surface area contributed by atoms with Crippen LogP contribution in [0.2, 0.25) is 5.15 Å². The number of benzene rings is 1. The van der Waals surface area contributed by atoms with Crippen molar-refractivity contribution in [2.24, 2.45) is 7.05 Å². The van der Waals surface area contributed by atoms with Crippen molar-refractivity contribution in [3.05, 3.63) is 59.3 Å². The maximum absolute atomic E-state index is 13.8. The number of hydrogen-bond donors (Lipinski definition) is 2. The second kappa shape index (κ2) is 6.18. The second-order valence-corrected chi connectivity index (χ2v) is 5.24. The first kappa shape index (κ1) is 15.2. The van der Waals surface area contributed by atoms with Gasteiger partial charge < -0.3 is 10.7 Å². The van der Waals surface area contributed by atoms with E-state index in [2.05, 4.69) is 15.4 Å². The molecule has 0 unspecified atom stereocenters. The molecule has 0 spiro atoms. The maximum Gasteiger partial charge on any atom is 0.146 e. The molecule has 0 aliphatic heterocycles. The van der Waals surface area contributed by atoms with E-state index in [1.54, 1.807) is 37.5 Å². The van der Waals surface area contributed by atoms with Gasteiger partial charge in [0, 0.05) is 25.0 Å². The minimum Gasteiger partial charge on any atom is -0.352 e. The van der Waals surface area contributed by atoms with Crippen molar-refractivity contribution in [1.82, 2.24) is 14.8 Å². The minimum absolute atomic E-state index is 0.324. The highest BCUT2D eigenvalue weighted by Crippen LogP contribution is 2.30. The summed E-state index contributed by atoms with van der Waals surface area (Å²) in [6.45, 7) is 0. The topological polar surface area (TPSA) is 66.6 Å². The molecule has 0 amide bonds. The van der Waals surface area contributed by atoms with Gasteiger partial charge in [0.25, 0.3) is 0 Å². The van der Waals surface area contributed by atoms with E-state index in [0.717, 1.165) is 6.21 Å². The number of pyridine rings is 1. The predicted octanol–water partition coefficient (Wildman–Crippen LogP) is 4.02. The van der Waals surface area contributed by atoms with Crippen molar-refractivity contribution in [3.63, 3.8) is 0 Å². The first-order valence-electron chi connectivity index (χ1n) is 6.80. The lowest BCUT2D eigenvalue weighted by Gasteiger charge is -2.11. The fourth-order valence-corrected chi connectivity index (χ4v) is 2.33. The molecule has 5 nitrogen and oxygen atoms in total. The largest absolute Gasteiger partial charge is 0.352 e. The van der Waals surface area contributed by atoms with Gasteiger partial charge in [-0.05, 0) is 18.2 Å². The Kier molecular flexibility index (Phi) is 4.08. The van der Waals surface area contributed by atoms with Crippen molar-refractivity contribution in [3.8, 4) is 11.3 Å². The highest BCUT2D eigenvalue weighted by molar-refractivity contribution is 6.32. The van der Waals surface area contributed by atoms with Gasteiger partial charge in [-0.3, -0.25) is 9.67 Å². The highest BCUT2D eigenvalue weighted by Gasteiger charge is 2.13. The first-order chi connectivity index (χ1) is 11.1. The highest BCUT2D eigenvalue weighted by atomic mass is 35.5. The molecule has 0 fully saturated rings. The summed E-state index contributed by atoms with van der Waals surface area (Å²) < 4.78 is 15.4. The number of anilines is 2. The van der Waals surface area contributed by atoms with E-state index in [4.69, 9.17) is 17.0 Å². The van der Waals surface area contributed by atoms with E-state index < -0.39 is 0 Å². The fraction of sp³-hybridized carbons (Fsp3) is 0.0625. The van der Waals surface area contributed by atoms with E-state index in [-0.39, 0.29) is 5.82 Å². The van der Waals surface area contributed by atoms with E-state index in [0.29, 0.717) is 33.3 Å². The summed E-state index contributed by atoms with van der Waals surface area (Å²) in [7, 11) is 1.73. The van der Waals surface area contributed by atoms with Crippen molar-refractivity contribution in [2.45, 2.75) is 0 Å². The number of hydrogen-bond acceptors (Lipinski definition) is 4. The number of aromatic nitrogens is 3. The lowest BCUT2D eigenvalue weighted by molar-refractivity contribution is 0.632. The van der Waals surface area contributed by atoms with Crippen molar-refractivity contribution in [2.75, 3.05) is 5.32 Å². The molecule has 0 radical (unpaired) electrons. The molecule has 116 valence electrons. The number of para-hydroxylation sites is 1. The summed E-state index contributed by atoms with van der Waals surface area (Å²) in [5, 5.41) is 15.0. The molecule has 0 saturated heterocycles. The lowest BCUT2D eigenvalue weighted by atomic mass is 10.1. The Morgan fingerprint density at radius 1 is 1.26 bits per heavy atom. The van der Waals surface area contributed by atoms with Crippen LogP contribution in [0, 0.1) is 11.2 Å². The molecule has 0 bridgehead atoms. The monoisotopic (exact) mass is 329 g/mol. The van der Waals surface area contributed by atoms with Crippen LogP contribution in [0.15, 0.2) is 42.7 Å². The third-order valence-corrected chi connectivity index (χ3v) is 3.82. The Labute approximate surface area is 137 Å². The number of aryl methyl sites for hydroxylation is 1. The third-order valence-electron chi connectivity index (χ3n) is 3.38. The summed E-state index contributed by atoms with van der Waals surface area (Å²) in [4.78, 5) is 4.30. The van der Waals surface area contributed by atoms with Crippen LogP contribution in [0.3, 0.4) is 0 Å². The molecule has 0 aliphatic rings. The molecule has 3 rings (SSSR count). The summed E-state index contributed by atoms with van der Waals surface area (Å²) >= 11 is 6.19. The van der Waals surface area contributed by atoms with Gasteiger partial charge in [-0.15, -0.1) is 0 Å². The molecule has 3 aromatic rings. The minimum atomic E-state index is -0.374. The Bertz CT molecular complexity index is 875. The molecule has 1 aromatic carbocycles. The summed E-state index contributed by atoms with van der Waals surface area (Å²) in [6.07, 6.45) is 4.31. The average Bonchev–Trinajstić information content (AvgIpc) is 2.89. The van der Waals surface area contributed by atoms with Gasteiger partial charge in [-0.1, -0.05) is 23.7 Å². The van der Waals surface area contributed by atoms with Gasteiger partial charge >= 0.3 is 0 Å².